The zero-order valence-electron chi connectivity index (χ0n) is 16.4. The quantitative estimate of drug-likeness (QED) is 0.508. The summed E-state index contributed by atoms with van der Waals surface area (Å²) in [6.07, 6.45) is 3.96. The van der Waals surface area contributed by atoms with Gasteiger partial charge in [0.2, 0.25) is 0 Å². The Hall–Kier alpha value is 0.130. The van der Waals surface area contributed by atoms with E-state index in [1.165, 1.54) is 53.0 Å². The third kappa shape index (κ3) is 5.07. The average molecular weight is 387 g/mol. The second-order valence-electron chi connectivity index (χ2n) is 7.42. The topological polar surface area (TPSA) is 8.17 Å². The Morgan fingerprint density at radius 2 is 1.25 bits per heavy atom. The molecular weight excluding hydrogens is 352 g/mol. The van der Waals surface area contributed by atoms with Crippen molar-refractivity contribution in [2.75, 3.05) is 18.5 Å². The van der Waals surface area contributed by atoms with Crippen molar-refractivity contribution in [3.63, 3.8) is 0 Å². The fourth-order valence-corrected chi connectivity index (χ4v) is 6.58. The summed E-state index contributed by atoms with van der Waals surface area (Å²) in [4.78, 5) is 5.57. The van der Waals surface area contributed by atoms with Crippen LogP contribution in [0.3, 0.4) is 0 Å². The lowest BCUT2D eigenvalue weighted by atomic mass is 10.2. The van der Waals surface area contributed by atoms with E-state index in [9.17, 15) is 0 Å². The molecule has 138 valence electrons. The molecule has 5 heteroatoms. The molecule has 1 aliphatic rings. The molecule has 0 fully saturated rings. The number of hydrogen-bond donors (Lipinski definition) is 0. The third-order valence-corrected chi connectivity index (χ3v) is 7.47. The molecule has 0 atom stereocenters. The van der Waals surface area contributed by atoms with Gasteiger partial charge >= 0.3 is 0 Å². The van der Waals surface area contributed by atoms with Gasteiger partial charge in [0.1, 0.15) is 5.82 Å². The molecule has 0 N–H and O–H groups in total. The van der Waals surface area contributed by atoms with Crippen LogP contribution in [0.1, 0.15) is 60.8 Å². The molecule has 2 nitrogen and oxygen atoms in total. The summed E-state index contributed by atoms with van der Waals surface area (Å²) >= 11 is 6.16. The normalized spacial score (nSPS) is 16.0. The maximum atomic E-state index is 2.64. The second kappa shape index (κ2) is 9.18. The Balaban J connectivity index is 2.63. The maximum Gasteiger partial charge on any atom is 0.124 e. The second-order valence-corrected chi connectivity index (χ2v) is 12.2. The van der Waals surface area contributed by atoms with Crippen LogP contribution in [0, 0.1) is 0 Å². The summed E-state index contributed by atoms with van der Waals surface area (Å²) in [5.74, 6) is 1.47. The predicted octanol–water partition coefficient (Wildman–Crippen LogP) is 6.61. The highest BCUT2D eigenvalue weighted by molar-refractivity contribution is 8.04. The summed E-state index contributed by atoms with van der Waals surface area (Å²) in [6.45, 7) is 16.2. The minimum absolute atomic E-state index is 0.611. The summed E-state index contributed by atoms with van der Waals surface area (Å²) in [5.41, 5.74) is 0. The predicted molar refractivity (Wildman–Crippen MR) is 115 cm³/mol. The highest BCUT2D eigenvalue weighted by Crippen LogP contribution is 2.50. The van der Waals surface area contributed by atoms with Crippen molar-refractivity contribution in [2.24, 2.45) is 0 Å². The molecule has 0 radical (unpaired) electrons. The molecule has 2 rings (SSSR count). The summed E-state index contributed by atoms with van der Waals surface area (Å²) in [5, 5.41) is 3.35. The monoisotopic (exact) mass is 386 g/mol. The lowest BCUT2D eigenvalue weighted by Crippen LogP contribution is -2.24. The zero-order chi connectivity index (χ0) is 17.9. The fourth-order valence-electron chi connectivity index (χ4n) is 3.05. The summed E-state index contributed by atoms with van der Waals surface area (Å²) in [6, 6.07) is 0. The molecular formula is C19H34N2S3. The number of hydrogen-bond acceptors (Lipinski definition) is 4. The van der Waals surface area contributed by atoms with Crippen LogP contribution in [-0.2, 0) is 6.54 Å². The van der Waals surface area contributed by atoms with Gasteiger partial charge in [-0.05, 0) is 19.3 Å². The Labute approximate surface area is 161 Å². The number of fused-ring (bicyclic) bond motifs is 1. The van der Waals surface area contributed by atoms with Gasteiger partial charge in [0.25, 0.3) is 0 Å². The largest absolute Gasteiger partial charge is 0.360 e. The summed E-state index contributed by atoms with van der Waals surface area (Å²) in [7, 11) is 2.29. The van der Waals surface area contributed by atoms with E-state index in [0.29, 0.717) is 15.7 Å². The van der Waals surface area contributed by atoms with Crippen molar-refractivity contribution in [3.05, 3.63) is 0 Å². The molecule has 0 aromatic carbocycles. The van der Waals surface area contributed by atoms with E-state index < -0.39 is 0 Å². The van der Waals surface area contributed by atoms with Gasteiger partial charge in [-0.25, -0.2) is 0 Å². The lowest BCUT2D eigenvalue weighted by Gasteiger charge is -2.26. The maximum absolute atomic E-state index is 2.64. The van der Waals surface area contributed by atoms with Gasteiger partial charge in [0.15, 0.2) is 0 Å². The van der Waals surface area contributed by atoms with Crippen LogP contribution in [0.25, 0.3) is 0 Å². The minimum atomic E-state index is 0.611. The Bertz CT molecular complexity index is 535. The van der Waals surface area contributed by atoms with Gasteiger partial charge in [0, 0.05) is 35.9 Å². The van der Waals surface area contributed by atoms with Crippen LogP contribution in [0.2, 0.25) is 0 Å². The third-order valence-electron chi connectivity index (χ3n) is 3.90. The van der Waals surface area contributed by atoms with Gasteiger partial charge in [-0.15, -0.1) is 35.3 Å². The molecule has 24 heavy (non-hydrogen) atoms. The van der Waals surface area contributed by atoms with E-state index in [1.807, 2.05) is 11.8 Å². The molecule has 0 saturated heterocycles. The van der Waals surface area contributed by atoms with Crippen molar-refractivity contribution in [1.29, 1.82) is 0 Å². The van der Waals surface area contributed by atoms with E-state index in [1.54, 1.807) is 0 Å². The van der Waals surface area contributed by atoms with E-state index in [4.69, 9.17) is 0 Å². The first-order chi connectivity index (χ1) is 11.3. The molecule has 0 aliphatic carbocycles. The van der Waals surface area contributed by atoms with Crippen molar-refractivity contribution in [3.8, 4) is 0 Å². The van der Waals surface area contributed by atoms with Gasteiger partial charge < -0.3 is 9.47 Å². The molecule has 0 saturated carbocycles. The van der Waals surface area contributed by atoms with E-state index >= 15 is 0 Å². The van der Waals surface area contributed by atoms with E-state index in [0.717, 1.165) is 0 Å². The number of anilines is 1. The average Bonchev–Trinajstić information content (AvgIpc) is 2.68. The van der Waals surface area contributed by atoms with Gasteiger partial charge in [-0.1, -0.05) is 41.5 Å². The number of rotatable bonds is 6. The van der Waals surface area contributed by atoms with Crippen LogP contribution < -0.4 is 4.90 Å². The zero-order valence-corrected chi connectivity index (χ0v) is 18.8. The highest BCUT2D eigenvalue weighted by atomic mass is 32.2. The molecule has 0 amide bonds. The number of nitrogens with zero attached hydrogens (tertiary/aromatic N) is 2. The standard InChI is InChI=1S/C19H34N2S3/c1-13(2)22-16-17(23-14(3)4)19(24-15(5)6)21-12-10-8-9-11-20(7)18(16)21/h13-15H,8-12H2,1-7H3. The Kier molecular flexibility index (Phi) is 7.82. The SMILES string of the molecule is CC(C)Sc1c(SC(C)C)c2n(c1SC(C)C)CCCCCN2C. The van der Waals surface area contributed by atoms with Crippen LogP contribution in [0.5, 0.6) is 0 Å². The van der Waals surface area contributed by atoms with E-state index in [-0.39, 0.29) is 0 Å². The van der Waals surface area contributed by atoms with Gasteiger partial charge in [0.05, 0.1) is 14.8 Å². The highest BCUT2D eigenvalue weighted by Gasteiger charge is 2.28. The minimum Gasteiger partial charge on any atom is -0.360 e. The summed E-state index contributed by atoms with van der Waals surface area (Å²) < 4.78 is 2.64. The Morgan fingerprint density at radius 3 is 1.83 bits per heavy atom. The molecule has 2 heterocycles. The van der Waals surface area contributed by atoms with Crippen LogP contribution in [-0.4, -0.2) is 33.9 Å². The molecule has 1 aliphatic heterocycles. The molecule has 0 spiro atoms. The van der Waals surface area contributed by atoms with Gasteiger partial charge in [-0.2, -0.15) is 0 Å². The molecule has 1 aromatic heterocycles. The van der Waals surface area contributed by atoms with E-state index in [2.05, 4.69) is 81.6 Å². The smallest absolute Gasteiger partial charge is 0.124 e. The van der Waals surface area contributed by atoms with Gasteiger partial charge in [-0.3, -0.25) is 0 Å². The number of thioether (sulfide) groups is 3. The first kappa shape index (κ1) is 20.4. The van der Waals surface area contributed by atoms with Crippen LogP contribution >= 0.6 is 35.3 Å². The van der Waals surface area contributed by atoms with Crippen molar-refractivity contribution >= 4 is 41.1 Å². The fraction of sp³-hybridized carbons (Fsp3) is 0.789. The number of aromatic nitrogens is 1. The van der Waals surface area contributed by atoms with Crippen molar-refractivity contribution in [2.45, 2.75) is 97.9 Å². The Morgan fingerprint density at radius 1 is 0.708 bits per heavy atom. The van der Waals surface area contributed by atoms with Crippen LogP contribution in [0.15, 0.2) is 14.8 Å². The molecule has 0 bridgehead atoms. The van der Waals surface area contributed by atoms with Crippen molar-refractivity contribution < 1.29 is 0 Å². The first-order valence-corrected chi connectivity index (χ1v) is 11.9. The molecule has 0 unspecified atom stereocenters. The molecule has 1 aromatic rings. The van der Waals surface area contributed by atoms with Crippen molar-refractivity contribution in [1.82, 2.24) is 4.57 Å². The first-order valence-electron chi connectivity index (χ1n) is 9.28. The lowest BCUT2D eigenvalue weighted by molar-refractivity contribution is 0.531. The van der Waals surface area contributed by atoms with Crippen LogP contribution in [0.4, 0.5) is 5.82 Å².